The quantitative estimate of drug-likeness (QED) is 0.241. The number of rotatable bonds is 9. The van der Waals surface area contributed by atoms with E-state index in [9.17, 15) is 4.79 Å². The third kappa shape index (κ3) is 5.65. The van der Waals surface area contributed by atoms with Gasteiger partial charge in [-0.05, 0) is 83.5 Å². The smallest absolute Gasteiger partial charge is 0.253 e. The highest BCUT2D eigenvalue weighted by atomic mass is 16.5. The summed E-state index contributed by atoms with van der Waals surface area (Å²) < 4.78 is 7.39. The first-order chi connectivity index (χ1) is 20.0. The maximum atomic E-state index is 14.0. The second-order valence-corrected chi connectivity index (χ2v) is 11.2. The van der Waals surface area contributed by atoms with Gasteiger partial charge in [-0.15, -0.1) is 5.10 Å². The van der Waals surface area contributed by atoms with Crippen molar-refractivity contribution in [3.05, 3.63) is 117 Å². The molecule has 3 aromatic carbocycles. The lowest BCUT2D eigenvalue weighted by molar-refractivity contribution is 0.190. The van der Waals surface area contributed by atoms with Crippen LogP contribution in [0.1, 0.15) is 71.4 Å². The molecule has 2 heterocycles. The normalized spacial score (nSPS) is 14.6. The Balaban J connectivity index is 1.54. The Morgan fingerprint density at radius 2 is 1.68 bits per heavy atom. The number of aromatic amines is 1. The number of pyridine rings is 1. The first-order valence-corrected chi connectivity index (χ1v) is 14.3. The molecule has 5 aromatic rings. The highest BCUT2D eigenvalue weighted by Crippen LogP contribution is 2.35. The van der Waals surface area contributed by atoms with Crippen LogP contribution in [0.4, 0.5) is 0 Å². The number of ether oxygens (including phenoxy) is 1. The standard InChI is InChI=1S/C33H36N6O2/c1-22-17-23(2)30-26(18-22)19-29(33(40)34-30)31(32-35-36-37-39(32)27-11-7-8-12-27)38(20-24-9-5-4-6-10-24)21-25-13-15-28(41-3)16-14-25/h4-6,9-10,13-19,27,31H,7-8,11-12,20-21H2,1-3H3,(H,34,40)/t31-/m1/s1. The lowest BCUT2D eigenvalue weighted by atomic mass is 9.99. The zero-order valence-electron chi connectivity index (χ0n) is 23.9. The summed E-state index contributed by atoms with van der Waals surface area (Å²) in [5.41, 5.74) is 5.84. The molecule has 41 heavy (non-hydrogen) atoms. The van der Waals surface area contributed by atoms with Gasteiger partial charge in [-0.3, -0.25) is 9.69 Å². The van der Waals surface area contributed by atoms with Crippen molar-refractivity contribution in [3.8, 4) is 5.75 Å². The van der Waals surface area contributed by atoms with Crippen molar-refractivity contribution >= 4 is 10.9 Å². The molecule has 8 nitrogen and oxygen atoms in total. The number of nitrogens with one attached hydrogen (secondary N) is 1. The van der Waals surface area contributed by atoms with E-state index < -0.39 is 6.04 Å². The minimum absolute atomic E-state index is 0.122. The Hall–Kier alpha value is -4.30. The molecule has 2 aromatic heterocycles. The van der Waals surface area contributed by atoms with Gasteiger partial charge in [0.05, 0.1) is 18.7 Å². The summed E-state index contributed by atoms with van der Waals surface area (Å²) in [6, 6.07) is 24.5. The molecule has 1 aliphatic rings. The average molecular weight is 549 g/mol. The average Bonchev–Trinajstić information content (AvgIpc) is 3.68. The number of hydrogen-bond acceptors (Lipinski definition) is 6. The molecule has 0 aliphatic heterocycles. The van der Waals surface area contributed by atoms with Crippen molar-refractivity contribution in [2.45, 2.75) is 64.7 Å². The highest BCUT2D eigenvalue weighted by molar-refractivity contribution is 5.83. The fraction of sp³-hybridized carbons (Fsp3) is 0.333. The van der Waals surface area contributed by atoms with E-state index >= 15 is 0 Å². The van der Waals surface area contributed by atoms with Gasteiger partial charge in [-0.25, -0.2) is 4.68 Å². The summed E-state index contributed by atoms with van der Waals surface area (Å²) >= 11 is 0. The van der Waals surface area contributed by atoms with E-state index in [0.29, 0.717) is 24.5 Å². The number of benzene rings is 3. The molecule has 210 valence electrons. The van der Waals surface area contributed by atoms with Gasteiger partial charge < -0.3 is 9.72 Å². The van der Waals surface area contributed by atoms with Gasteiger partial charge in [0, 0.05) is 18.7 Å². The second kappa shape index (κ2) is 11.7. The summed E-state index contributed by atoms with van der Waals surface area (Å²) in [5.74, 6) is 1.51. The maximum absolute atomic E-state index is 14.0. The van der Waals surface area contributed by atoms with Crippen LogP contribution >= 0.6 is 0 Å². The summed E-state index contributed by atoms with van der Waals surface area (Å²) in [6.45, 7) is 5.32. The molecular weight excluding hydrogens is 512 g/mol. The van der Waals surface area contributed by atoms with Crippen LogP contribution < -0.4 is 10.3 Å². The molecular formula is C33H36N6O2. The lowest BCUT2D eigenvalue weighted by Crippen LogP contribution is -2.35. The van der Waals surface area contributed by atoms with E-state index in [1.807, 2.05) is 48.0 Å². The fourth-order valence-electron chi connectivity index (χ4n) is 6.22. The zero-order valence-corrected chi connectivity index (χ0v) is 23.9. The maximum Gasteiger partial charge on any atom is 0.253 e. The van der Waals surface area contributed by atoms with Gasteiger partial charge in [-0.1, -0.05) is 66.9 Å². The van der Waals surface area contributed by atoms with Crippen molar-refractivity contribution < 1.29 is 4.74 Å². The van der Waals surface area contributed by atoms with Gasteiger partial charge >= 0.3 is 0 Å². The Morgan fingerprint density at radius 3 is 2.39 bits per heavy atom. The van der Waals surface area contributed by atoms with Crippen molar-refractivity contribution in [2.24, 2.45) is 0 Å². The number of methoxy groups -OCH3 is 1. The molecule has 6 rings (SSSR count). The molecule has 1 saturated carbocycles. The van der Waals surface area contributed by atoms with E-state index in [1.54, 1.807) is 7.11 Å². The van der Waals surface area contributed by atoms with Crippen LogP contribution in [-0.4, -0.2) is 37.2 Å². The summed E-state index contributed by atoms with van der Waals surface area (Å²) in [5, 5.41) is 14.3. The molecule has 8 heteroatoms. The summed E-state index contributed by atoms with van der Waals surface area (Å²) in [7, 11) is 1.67. The number of fused-ring (bicyclic) bond motifs is 1. The molecule has 0 unspecified atom stereocenters. The minimum Gasteiger partial charge on any atom is -0.497 e. The van der Waals surface area contributed by atoms with Gasteiger partial charge in [0.1, 0.15) is 11.8 Å². The number of tetrazole rings is 1. The number of aromatic nitrogens is 5. The Labute approximate surface area is 240 Å². The molecule has 0 amide bonds. The largest absolute Gasteiger partial charge is 0.497 e. The summed E-state index contributed by atoms with van der Waals surface area (Å²) in [4.78, 5) is 19.5. The van der Waals surface area contributed by atoms with Gasteiger partial charge in [0.15, 0.2) is 5.82 Å². The number of hydrogen-bond donors (Lipinski definition) is 1. The van der Waals surface area contributed by atoms with Crippen LogP contribution in [0.15, 0.2) is 77.6 Å². The van der Waals surface area contributed by atoms with Crippen LogP contribution in [0.2, 0.25) is 0 Å². The number of aryl methyl sites for hydroxylation is 2. The van der Waals surface area contributed by atoms with E-state index in [1.165, 1.54) is 0 Å². The Morgan fingerprint density at radius 1 is 0.976 bits per heavy atom. The molecule has 1 fully saturated rings. The second-order valence-electron chi connectivity index (χ2n) is 11.2. The van der Waals surface area contributed by atoms with Crippen LogP contribution in [0.5, 0.6) is 5.75 Å². The van der Waals surface area contributed by atoms with Crippen LogP contribution in [0.25, 0.3) is 10.9 Å². The first-order valence-electron chi connectivity index (χ1n) is 14.3. The topological polar surface area (TPSA) is 88.9 Å². The van der Waals surface area contributed by atoms with Gasteiger partial charge in [0.25, 0.3) is 5.56 Å². The summed E-state index contributed by atoms with van der Waals surface area (Å²) in [6.07, 6.45) is 4.38. The zero-order chi connectivity index (χ0) is 28.3. The van der Waals surface area contributed by atoms with Crippen molar-refractivity contribution in [1.29, 1.82) is 0 Å². The fourth-order valence-corrected chi connectivity index (χ4v) is 6.22. The van der Waals surface area contributed by atoms with Gasteiger partial charge in [0.2, 0.25) is 0 Å². The monoisotopic (exact) mass is 548 g/mol. The highest BCUT2D eigenvalue weighted by Gasteiger charge is 2.33. The lowest BCUT2D eigenvalue weighted by Gasteiger charge is -2.32. The molecule has 0 spiro atoms. The molecule has 1 aliphatic carbocycles. The van der Waals surface area contributed by atoms with E-state index in [0.717, 1.165) is 64.6 Å². The molecule has 1 atom stereocenters. The predicted octanol–water partition coefficient (Wildman–Crippen LogP) is 6.05. The van der Waals surface area contributed by atoms with Crippen LogP contribution in [-0.2, 0) is 13.1 Å². The van der Waals surface area contributed by atoms with E-state index in [-0.39, 0.29) is 11.6 Å². The number of H-pyrrole nitrogens is 1. The van der Waals surface area contributed by atoms with E-state index in [4.69, 9.17) is 4.74 Å². The first kappa shape index (κ1) is 26.9. The third-order valence-electron chi connectivity index (χ3n) is 8.19. The van der Waals surface area contributed by atoms with Crippen molar-refractivity contribution in [3.63, 3.8) is 0 Å². The predicted molar refractivity (Wildman–Crippen MR) is 160 cm³/mol. The van der Waals surface area contributed by atoms with Crippen molar-refractivity contribution in [2.75, 3.05) is 7.11 Å². The number of nitrogens with zero attached hydrogens (tertiary/aromatic N) is 5. The van der Waals surface area contributed by atoms with Gasteiger partial charge in [-0.2, -0.15) is 0 Å². The SMILES string of the molecule is COc1ccc(CN(Cc2ccccc2)[C@H](c2cc3cc(C)cc(C)c3[nH]c2=O)c2nnnn2C2CCCC2)cc1. The Kier molecular flexibility index (Phi) is 7.65. The minimum atomic E-state index is -0.470. The van der Waals surface area contributed by atoms with Crippen LogP contribution in [0.3, 0.4) is 0 Å². The van der Waals surface area contributed by atoms with Crippen LogP contribution in [0, 0.1) is 13.8 Å². The molecule has 1 N–H and O–H groups in total. The third-order valence-corrected chi connectivity index (χ3v) is 8.19. The Bertz CT molecular complexity index is 1690. The van der Waals surface area contributed by atoms with E-state index in [2.05, 4.69) is 68.7 Å². The molecule has 0 bridgehead atoms. The van der Waals surface area contributed by atoms with Crippen molar-refractivity contribution in [1.82, 2.24) is 30.1 Å². The molecule has 0 radical (unpaired) electrons. The molecule has 0 saturated heterocycles.